The lowest BCUT2D eigenvalue weighted by atomic mass is 10.1. The molecular weight excluding hydrogens is 280 g/mol. The molecule has 2 N–H and O–H groups in total. The van der Waals surface area contributed by atoms with Crippen LogP contribution in [0.3, 0.4) is 0 Å². The first-order valence-corrected chi connectivity index (χ1v) is 6.72. The lowest BCUT2D eigenvalue weighted by molar-refractivity contribution is 0.0290. The van der Waals surface area contributed by atoms with Crippen LogP contribution in [0.2, 0.25) is 0 Å². The number of allylic oxidation sites excluding steroid dienone is 2. The average molecular weight is 296 g/mol. The van der Waals surface area contributed by atoms with Gasteiger partial charge in [-0.05, 0) is 31.9 Å². The van der Waals surface area contributed by atoms with Gasteiger partial charge in [0.15, 0.2) is 0 Å². The van der Waals surface area contributed by atoms with Gasteiger partial charge in [0.2, 0.25) is 0 Å². The lowest BCUT2D eigenvalue weighted by Gasteiger charge is -2.18. The van der Waals surface area contributed by atoms with Crippen molar-refractivity contribution in [2.75, 3.05) is 6.61 Å². The number of nitrogens with one attached hydrogen (secondary N) is 1. The van der Waals surface area contributed by atoms with E-state index >= 15 is 0 Å². The number of aromatic nitrogens is 2. The first-order chi connectivity index (χ1) is 10.4. The van der Waals surface area contributed by atoms with Gasteiger partial charge >= 0.3 is 0 Å². The Morgan fingerprint density at radius 1 is 1.64 bits per heavy atom. The van der Waals surface area contributed by atoms with Crippen LogP contribution in [0, 0.1) is 17.9 Å². The van der Waals surface area contributed by atoms with Crippen molar-refractivity contribution >= 4 is 11.0 Å². The van der Waals surface area contributed by atoms with E-state index in [9.17, 15) is 5.11 Å². The van der Waals surface area contributed by atoms with E-state index in [4.69, 9.17) is 16.6 Å². The minimum atomic E-state index is -0.940. The molecule has 0 unspecified atom stereocenters. The maximum Gasteiger partial charge on any atom is 0.258 e. The monoisotopic (exact) mass is 296 g/mol. The number of ether oxygens (including phenoxy) is 1. The van der Waals surface area contributed by atoms with Gasteiger partial charge in [-0.1, -0.05) is 6.08 Å². The van der Waals surface area contributed by atoms with E-state index in [1.54, 1.807) is 38.4 Å². The van der Waals surface area contributed by atoms with Crippen molar-refractivity contribution in [3.05, 3.63) is 47.2 Å². The Hall–Kier alpha value is -2.83. The summed E-state index contributed by atoms with van der Waals surface area (Å²) < 4.78 is 5.69. The van der Waals surface area contributed by atoms with Crippen LogP contribution < -0.4 is 4.74 Å². The third-order valence-electron chi connectivity index (χ3n) is 2.95. The number of H-pyrrole nitrogens is 1. The number of hydrogen-bond donors (Lipinski definition) is 2. The van der Waals surface area contributed by atoms with Crippen molar-refractivity contribution in [1.82, 2.24) is 9.97 Å². The van der Waals surface area contributed by atoms with E-state index in [1.807, 2.05) is 6.07 Å². The minimum absolute atomic E-state index is 0.0530. The van der Waals surface area contributed by atoms with E-state index in [0.717, 1.165) is 10.9 Å². The number of aromatic amines is 1. The van der Waals surface area contributed by atoms with Crippen molar-refractivity contribution in [2.45, 2.75) is 25.9 Å². The zero-order chi connectivity index (χ0) is 16.2. The van der Waals surface area contributed by atoms with Crippen molar-refractivity contribution in [1.29, 1.82) is 5.26 Å². The zero-order valence-corrected chi connectivity index (χ0v) is 12.4. The molecule has 0 saturated carbocycles. The van der Waals surface area contributed by atoms with Crippen LogP contribution in [-0.4, -0.2) is 27.3 Å². The van der Waals surface area contributed by atoms with Crippen LogP contribution in [0.25, 0.3) is 15.9 Å². The summed E-state index contributed by atoms with van der Waals surface area (Å²) in [6, 6.07) is 3.57. The molecule has 0 aliphatic rings. The number of pyridine rings is 1. The van der Waals surface area contributed by atoms with Crippen molar-refractivity contribution in [3.8, 4) is 11.8 Å². The summed E-state index contributed by atoms with van der Waals surface area (Å²) in [7, 11) is 0. The Morgan fingerprint density at radius 3 is 3.05 bits per heavy atom. The summed E-state index contributed by atoms with van der Waals surface area (Å²) >= 11 is 0. The molecule has 2 rings (SSSR count). The van der Waals surface area contributed by atoms with E-state index in [0.29, 0.717) is 17.8 Å². The molecular formula is C16H16N4O2. The largest absolute Gasteiger partial charge is 0.490 e. The second kappa shape index (κ2) is 6.30. The first-order valence-electron chi connectivity index (χ1n) is 6.72. The number of aliphatic hydroxyl groups is 1. The van der Waals surface area contributed by atoms with E-state index in [1.165, 1.54) is 0 Å². The molecule has 22 heavy (non-hydrogen) atoms. The Labute approximate surface area is 128 Å². The van der Waals surface area contributed by atoms with Crippen molar-refractivity contribution in [2.24, 2.45) is 0 Å². The molecule has 0 fully saturated rings. The Morgan fingerprint density at radius 2 is 2.41 bits per heavy atom. The Bertz CT molecular complexity index is 769. The van der Waals surface area contributed by atoms with Gasteiger partial charge in [-0.2, -0.15) is 0 Å². The highest BCUT2D eigenvalue weighted by Gasteiger charge is 2.16. The number of rotatable bonds is 5. The van der Waals surface area contributed by atoms with Gasteiger partial charge in [0, 0.05) is 12.4 Å². The van der Waals surface area contributed by atoms with Crippen LogP contribution in [0.15, 0.2) is 30.2 Å². The summed E-state index contributed by atoms with van der Waals surface area (Å²) in [5.41, 5.74) is 0.657. The number of hydrogen-bond acceptors (Lipinski definition) is 4. The molecule has 0 saturated heterocycles. The predicted molar refractivity (Wildman–Crippen MR) is 81.9 cm³/mol. The lowest BCUT2D eigenvalue weighted by Crippen LogP contribution is -2.27. The predicted octanol–water partition coefficient (Wildman–Crippen LogP) is 2.58. The standard InChI is InChI=1S/C16H16N4O2/c1-16(2,21)10-22-13-6-7-19-15-14(13)11(9-20-15)4-5-12(8-17)18-3/h5-7,9,21H,4,10H2,1-2H3,(H,19,20)/b12-5-. The minimum Gasteiger partial charge on any atom is -0.490 e. The molecule has 2 aromatic heterocycles. The topological polar surface area (TPSA) is 86.3 Å². The molecule has 2 aromatic rings. The quantitative estimate of drug-likeness (QED) is 0.656. The summed E-state index contributed by atoms with van der Waals surface area (Å²) in [4.78, 5) is 10.4. The van der Waals surface area contributed by atoms with Gasteiger partial charge in [-0.25, -0.2) is 15.1 Å². The first kappa shape index (κ1) is 15.6. The molecule has 0 bridgehead atoms. The highest BCUT2D eigenvalue weighted by atomic mass is 16.5. The smallest absolute Gasteiger partial charge is 0.258 e. The molecule has 2 heterocycles. The van der Waals surface area contributed by atoms with Crippen LogP contribution in [0.5, 0.6) is 5.75 Å². The average Bonchev–Trinajstić information content (AvgIpc) is 2.89. The molecule has 0 amide bonds. The fraction of sp³-hybridized carbons (Fsp3) is 0.312. The van der Waals surface area contributed by atoms with Gasteiger partial charge in [0.1, 0.15) is 18.0 Å². The number of fused-ring (bicyclic) bond motifs is 1. The van der Waals surface area contributed by atoms with Gasteiger partial charge in [-0.15, -0.1) is 0 Å². The maximum atomic E-state index is 9.78. The van der Waals surface area contributed by atoms with Crippen molar-refractivity contribution < 1.29 is 9.84 Å². The fourth-order valence-electron chi connectivity index (χ4n) is 1.95. The van der Waals surface area contributed by atoms with E-state index in [2.05, 4.69) is 14.8 Å². The van der Waals surface area contributed by atoms with Crippen LogP contribution in [0.4, 0.5) is 0 Å². The molecule has 6 heteroatoms. The third-order valence-corrected chi connectivity index (χ3v) is 2.95. The third kappa shape index (κ3) is 3.63. The maximum absolute atomic E-state index is 9.78. The summed E-state index contributed by atoms with van der Waals surface area (Å²) in [6.45, 7) is 10.4. The second-order valence-electron chi connectivity index (χ2n) is 5.46. The molecule has 112 valence electrons. The van der Waals surface area contributed by atoms with Crippen LogP contribution in [-0.2, 0) is 6.42 Å². The van der Waals surface area contributed by atoms with Gasteiger partial charge in [-0.3, -0.25) is 0 Å². The SMILES string of the molecule is [C-]#[N+]/C(C#N)=C\Cc1c[nH]c2nccc(OCC(C)(C)O)c12. The number of nitriles is 1. The van der Waals surface area contributed by atoms with E-state index in [-0.39, 0.29) is 12.3 Å². The molecule has 0 atom stereocenters. The van der Waals surface area contributed by atoms with E-state index < -0.39 is 5.60 Å². The molecule has 0 aliphatic heterocycles. The Balaban J connectivity index is 2.35. The summed E-state index contributed by atoms with van der Waals surface area (Å²) in [5, 5.41) is 19.4. The number of nitrogens with zero attached hydrogens (tertiary/aromatic N) is 3. The van der Waals surface area contributed by atoms with Gasteiger partial charge < -0.3 is 14.8 Å². The zero-order valence-electron chi connectivity index (χ0n) is 12.4. The Kier molecular flexibility index (Phi) is 4.45. The highest BCUT2D eigenvalue weighted by molar-refractivity contribution is 5.86. The summed E-state index contributed by atoms with van der Waals surface area (Å²) in [6.07, 6.45) is 5.40. The van der Waals surface area contributed by atoms with Crippen LogP contribution in [0.1, 0.15) is 19.4 Å². The summed E-state index contributed by atoms with van der Waals surface area (Å²) in [5.74, 6) is 0.609. The molecule has 0 radical (unpaired) electrons. The van der Waals surface area contributed by atoms with Gasteiger partial charge in [0.05, 0.1) is 23.6 Å². The highest BCUT2D eigenvalue weighted by Crippen LogP contribution is 2.28. The van der Waals surface area contributed by atoms with Crippen molar-refractivity contribution in [3.63, 3.8) is 0 Å². The second-order valence-corrected chi connectivity index (χ2v) is 5.46. The normalized spacial score (nSPS) is 12.0. The molecule has 0 aliphatic carbocycles. The molecule has 0 spiro atoms. The van der Waals surface area contributed by atoms with Crippen LogP contribution >= 0.6 is 0 Å². The molecule has 6 nitrogen and oxygen atoms in total. The van der Waals surface area contributed by atoms with Gasteiger partial charge in [0.25, 0.3) is 5.70 Å². The molecule has 0 aromatic carbocycles. The fourth-order valence-corrected chi connectivity index (χ4v) is 1.95.